The second-order valence-electron chi connectivity index (χ2n) is 5.11. The predicted octanol–water partition coefficient (Wildman–Crippen LogP) is 3.20. The van der Waals surface area contributed by atoms with Crippen molar-refractivity contribution in [3.8, 4) is 0 Å². The lowest BCUT2D eigenvalue weighted by molar-refractivity contribution is -0.148. The van der Waals surface area contributed by atoms with Gasteiger partial charge in [-0.3, -0.25) is 14.9 Å². The van der Waals surface area contributed by atoms with Gasteiger partial charge < -0.3 is 4.74 Å². The molecule has 110 valence electrons. The molecule has 1 aliphatic carbocycles. The summed E-state index contributed by atoms with van der Waals surface area (Å²) < 4.78 is 6.92. The van der Waals surface area contributed by atoms with Gasteiger partial charge in [-0.2, -0.15) is 0 Å². The van der Waals surface area contributed by atoms with Gasteiger partial charge in [0.2, 0.25) is 0 Å². The molecule has 2 aromatic rings. The molecule has 7 heteroatoms. The number of hydrogen-bond donors (Lipinski definition) is 1. The molecule has 3 rings (SSSR count). The maximum Gasteiger partial charge on any atom is 0.309 e. The number of nitrogens with zero attached hydrogens (tertiary/aromatic N) is 1. The van der Waals surface area contributed by atoms with Crippen molar-refractivity contribution >= 4 is 54.5 Å². The molecule has 1 N–H and O–H groups in total. The normalized spacial score (nSPS) is 20.3. The van der Waals surface area contributed by atoms with Crippen LogP contribution in [0.3, 0.4) is 0 Å². The highest BCUT2D eigenvalue weighted by Gasteiger charge is 2.40. The minimum Gasteiger partial charge on any atom is -0.455 e. The first-order valence-corrected chi connectivity index (χ1v) is 8.16. The lowest BCUT2D eigenvalue weighted by Crippen LogP contribution is -2.21. The molecule has 1 fully saturated rings. The first-order chi connectivity index (χ1) is 10.0. The van der Waals surface area contributed by atoms with E-state index in [1.165, 1.54) is 11.3 Å². The summed E-state index contributed by atoms with van der Waals surface area (Å²) in [5.41, 5.74) is 0.822. The maximum atomic E-state index is 11.8. The van der Waals surface area contributed by atoms with Gasteiger partial charge in [-0.05, 0) is 30.5 Å². The van der Waals surface area contributed by atoms with Crippen LogP contribution in [0.25, 0.3) is 10.2 Å². The van der Waals surface area contributed by atoms with E-state index < -0.39 is 0 Å². The Morgan fingerprint density at radius 2 is 2.29 bits per heavy atom. The first-order valence-electron chi connectivity index (χ1n) is 6.55. The quantitative estimate of drug-likeness (QED) is 0.841. The molecule has 0 bridgehead atoms. The van der Waals surface area contributed by atoms with Crippen molar-refractivity contribution in [3.05, 3.63) is 22.7 Å². The zero-order valence-corrected chi connectivity index (χ0v) is 13.7. The summed E-state index contributed by atoms with van der Waals surface area (Å²) in [6.07, 6.45) is 0.854. The molecule has 0 saturated heterocycles. The number of thiazole rings is 1. The molecule has 1 amide bonds. The topological polar surface area (TPSA) is 68.3 Å². The van der Waals surface area contributed by atoms with Crippen LogP contribution in [0.2, 0.25) is 0 Å². The fourth-order valence-corrected chi connectivity index (χ4v) is 3.44. The summed E-state index contributed by atoms with van der Waals surface area (Å²) in [6.45, 7) is 1.73. The molecule has 0 spiro atoms. The summed E-state index contributed by atoms with van der Waals surface area (Å²) in [7, 11) is 0. The van der Waals surface area contributed by atoms with Crippen LogP contribution in [0.15, 0.2) is 22.7 Å². The number of benzene rings is 1. The van der Waals surface area contributed by atoms with Crippen LogP contribution >= 0.6 is 27.3 Å². The number of amides is 1. The van der Waals surface area contributed by atoms with Crippen molar-refractivity contribution in [1.29, 1.82) is 0 Å². The highest BCUT2D eigenvalue weighted by atomic mass is 79.9. The fourth-order valence-electron chi connectivity index (χ4n) is 2.00. The van der Waals surface area contributed by atoms with Crippen molar-refractivity contribution in [2.75, 3.05) is 11.9 Å². The van der Waals surface area contributed by atoms with Gasteiger partial charge in [0, 0.05) is 4.47 Å². The van der Waals surface area contributed by atoms with E-state index in [4.69, 9.17) is 4.74 Å². The minimum absolute atomic E-state index is 0.0300. The van der Waals surface area contributed by atoms with Crippen molar-refractivity contribution in [2.24, 2.45) is 11.8 Å². The van der Waals surface area contributed by atoms with E-state index in [-0.39, 0.29) is 24.4 Å². The monoisotopic (exact) mass is 368 g/mol. The van der Waals surface area contributed by atoms with Gasteiger partial charge in [0.15, 0.2) is 11.7 Å². The number of aromatic nitrogens is 1. The van der Waals surface area contributed by atoms with Crippen LogP contribution in [0.1, 0.15) is 13.3 Å². The number of fused-ring (bicyclic) bond motifs is 1. The number of carbonyl (C=O) groups is 2. The van der Waals surface area contributed by atoms with Crippen LogP contribution in [0.4, 0.5) is 5.13 Å². The standard InChI is InChI=1S/C14H13BrN2O3S/c1-7-4-9(7)13(19)20-6-12(18)17-14-16-10-3-2-8(15)5-11(10)21-14/h2-3,5,7,9H,4,6H2,1H3,(H,16,17,18)/t7-,9+/m1/s1. The van der Waals surface area contributed by atoms with E-state index in [0.717, 1.165) is 21.1 Å². The first kappa shape index (κ1) is 14.5. The third-order valence-corrected chi connectivity index (χ3v) is 4.78. The van der Waals surface area contributed by atoms with Crippen molar-refractivity contribution in [3.63, 3.8) is 0 Å². The molecule has 1 aliphatic rings. The zero-order chi connectivity index (χ0) is 15.0. The average molecular weight is 369 g/mol. The van der Waals surface area contributed by atoms with Crippen LogP contribution in [-0.4, -0.2) is 23.5 Å². The Labute approximate surface area is 133 Å². The molecular weight excluding hydrogens is 356 g/mol. The number of carbonyl (C=O) groups excluding carboxylic acids is 2. The molecule has 1 heterocycles. The highest BCUT2D eigenvalue weighted by molar-refractivity contribution is 9.10. The number of ether oxygens (including phenoxy) is 1. The smallest absolute Gasteiger partial charge is 0.309 e. The summed E-state index contributed by atoms with van der Waals surface area (Å²) in [5, 5.41) is 3.16. The predicted molar refractivity (Wildman–Crippen MR) is 84.2 cm³/mol. The van der Waals surface area contributed by atoms with Crippen LogP contribution < -0.4 is 5.32 Å². The second-order valence-corrected chi connectivity index (χ2v) is 7.05. The summed E-state index contributed by atoms with van der Waals surface area (Å²) in [5.74, 6) is -0.304. The van der Waals surface area contributed by atoms with E-state index in [0.29, 0.717) is 11.0 Å². The molecule has 1 aromatic carbocycles. The summed E-state index contributed by atoms with van der Waals surface area (Å²) in [4.78, 5) is 27.6. The Kier molecular flexibility index (Phi) is 3.95. The van der Waals surface area contributed by atoms with Gasteiger partial charge in [0.1, 0.15) is 0 Å². The Hall–Kier alpha value is -1.47. The van der Waals surface area contributed by atoms with Gasteiger partial charge in [-0.15, -0.1) is 0 Å². The van der Waals surface area contributed by atoms with Crippen molar-refractivity contribution in [1.82, 2.24) is 4.98 Å². The van der Waals surface area contributed by atoms with E-state index in [9.17, 15) is 9.59 Å². The Morgan fingerprint density at radius 3 is 3.00 bits per heavy atom. The molecule has 0 unspecified atom stereocenters. The van der Waals surface area contributed by atoms with Crippen LogP contribution in [0, 0.1) is 11.8 Å². The largest absolute Gasteiger partial charge is 0.455 e. The molecule has 0 aliphatic heterocycles. The lowest BCUT2D eigenvalue weighted by atomic mass is 10.3. The van der Waals surface area contributed by atoms with Gasteiger partial charge in [0.25, 0.3) is 5.91 Å². The second kappa shape index (κ2) is 5.73. The molecule has 1 aromatic heterocycles. The van der Waals surface area contributed by atoms with Crippen LogP contribution in [0.5, 0.6) is 0 Å². The van der Waals surface area contributed by atoms with Crippen LogP contribution in [-0.2, 0) is 14.3 Å². The van der Waals surface area contributed by atoms with Crippen molar-refractivity contribution in [2.45, 2.75) is 13.3 Å². The highest BCUT2D eigenvalue weighted by Crippen LogP contribution is 2.38. The van der Waals surface area contributed by atoms with Gasteiger partial charge in [-0.1, -0.05) is 34.2 Å². The SMILES string of the molecule is C[C@@H]1C[C@@H]1C(=O)OCC(=O)Nc1nc2ccc(Br)cc2s1. The van der Waals surface area contributed by atoms with E-state index >= 15 is 0 Å². The van der Waals surface area contributed by atoms with E-state index in [1.807, 2.05) is 25.1 Å². The van der Waals surface area contributed by atoms with Gasteiger partial charge >= 0.3 is 5.97 Å². The summed E-state index contributed by atoms with van der Waals surface area (Å²) >= 11 is 4.77. The third kappa shape index (κ3) is 3.41. The number of esters is 1. The fraction of sp³-hybridized carbons (Fsp3) is 0.357. The average Bonchev–Trinajstić information content (AvgIpc) is 3.03. The molecule has 1 saturated carbocycles. The number of hydrogen-bond acceptors (Lipinski definition) is 5. The van der Waals surface area contributed by atoms with Gasteiger partial charge in [-0.25, -0.2) is 4.98 Å². The lowest BCUT2D eigenvalue weighted by Gasteiger charge is -2.03. The Morgan fingerprint density at radius 1 is 1.52 bits per heavy atom. The zero-order valence-electron chi connectivity index (χ0n) is 11.3. The summed E-state index contributed by atoms with van der Waals surface area (Å²) in [6, 6.07) is 5.71. The Bertz CT molecular complexity index is 715. The molecule has 5 nitrogen and oxygen atoms in total. The number of halogens is 1. The van der Waals surface area contributed by atoms with E-state index in [2.05, 4.69) is 26.2 Å². The number of nitrogens with one attached hydrogen (secondary N) is 1. The number of rotatable bonds is 4. The Balaban J connectivity index is 1.57. The minimum atomic E-state index is -0.366. The number of anilines is 1. The third-order valence-electron chi connectivity index (χ3n) is 3.35. The molecule has 2 atom stereocenters. The van der Waals surface area contributed by atoms with Crippen molar-refractivity contribution < 1.29 is 14.3 Å². The van der Waals surface area contributed by atoms with E-state index in [1.54, 1.807) is 0 Å². The molecular formula is C14H13BrN2O3S. The van der Waals surface area contributed by atoms with Gasteiger partial charge in [0.05, 0.1) is 16.1 Å². The maximum absolute atomic E-state index is 11.8. The molecule has 0 radical (unpaired) electrons. The molecule has 21 heavy (non-hydrogen) atoms.